The van der Waals surface area contributed by atoms with Gasteiger partial charge in [-0.2, -0.15) is 4.98 Å². The SMILES string of the molecule is C=CCn1c(=O)c2cnc(Nc3ccc(N4CCN(C)CC4)cc3)nc2n1-c1cccc(C(C)(C)O)c1. The van der Waals surface area contributed by atoms with Crippen molar-refractivity contribution in [3.8, 4) is 5.69 Å². The topological polar surface area (TPSA) is 91.5 Å². The Morgan fingerprint density at radius 2 is 1.81 bits per heavy atom. The van der Waals surface area contributed by atoms with Crippen molar-refractivity contribution in [3.63, 3.8) is 0 Å². The van der Waals surface area contributed by atoms with Gasteiger partial charge < -0.3 is 20.2 Å². The number of hydrogen-bond donors (Lipinski definition) is 2. The molecule has 0 amide bonds. The van der Waals surface area contributed by atoms with Gasteiger partial charge in [-0.15, -0.1) is 6.58 Å². The quantitative estimate of drug-likeness (QED) is 0.376. The van der Waals surface area contributed by atoms with Crippen LogP contribution in [-0.2, 0) is 12.1 Å². The van der Waals surface area contributed by atoms with Gasteiger partial charge in [-0.3, -0.25) is 4.79 Å². The lowest BCUT2D eigenvalue weighted by Gasteiger charge is -2.34. The van der Waals surface area contributed by atoms with Crippen LogP contribution in [0.3, 0.4) is 0 Å². The molecule has 1 aliphatic heterocycles. The van der Waals surface area contributed by atoms with E-state index in [4.69, 9.17) is 4.98 Å². The Hall–Kier alpha value is -3.95. The van der Waals surface area contributed by atoms with Gasteiger partial charge >= 0.3 is 0 Å². The summed E-state index contributed by atoms with van der Waals surface area (Å²) in [6.45, 7) is 11.7. The van der Waals surface area contributed by atoms with Gasteiger partial charge in [0.25, 0.3) is 5.56 Å². The summed E-state index contributed by atoms with van der Waals surface area (Å²) in [6.07, 6.45) is 3.23. The maximum absolute atomic E-state index is 13.2. The first-order valence-electron chi connectivity index (χ1n) is 12.5. The van der Waals surface area contributed by atoms with E-state index < -0.39 is 5.60 Å². The smallest absolute Gasteiger partial charge is 0.278 e. The van der Waals surface area contributed by atoms with E-state index in [9.17, 15) is 9.90 Å². The monoisotopic (exact) mass is 499 g/mol. The number of nitrogens with one attached hydrogen (secondary N) is 1. The minimum atomic E-state index is -1.03. The molecule has 2 aromatic carbocycles. The number of aromatic nitrogens is 4. The Labute approximate surface area is 216 Å². The molecule has 9 nitrogen and oxygen atoms in total. The average molecular weight is 500 g/mol. The summed E-state index contributed by atoms with van der Waals surface area (Å²) in [6, 6.07) is 15.7. The van der Waals surface area contributed by atoms with Gasteiger partial charge in [-0.25, -0.2) is 14.3 Å². The molecule has 1 saturated heterocycles. The normalized spacial score (nSPS) is 14.8. The van der Waals surface area contributed by atoms with E-state index in [2.05, 4.69) is 45.9 Å². The number of hydrogen-bond acceptors (Lipinski definition) is 7. The fraction of sp³-hybridized carbons (Fsp3) is 0.321. The third-order valence-electron chi connectivity index (χ3n) is 6.77. The first-order chi connectivity index (χ1) is 17.7. The van der Waals surface area contributed by atoms with E-state index in [0.29, 0.717) is 23.5 Å². The second-order valence-corrected chi connectivity index (χ2v) is 9.99. The van der Waals surface area contributed by atoms with Crippen LogP contribution in [0.2, 0.25) is 0 Å². The first-order valence-corrected chi connectivity index (χ1v) is 12.5. The molecule has 4 aromatic rings. The molecule has 1 fully saturated rings. The fourth-order valence-corrected chi connectivity index (χ4v) is 4.61. The number of likely N-dealkylation sites (N-methyl/N-ethyl adjacent to an activating group) is 1. The lowest BCUT2D eigenvalue weighted by molar-refractivity contribution is 0.0786. The molecule has 0 radical (unpaired) electrons. The number of rotatable bonds is 7. The molecule has 5 rings (SSSR count). The molecule has 192 valence electrons. The van der Waals surface area contributed by atoms with E-state index in [-0.39, 0.29) is 5.56 Å². The molecule has 0 bridgehead atoms. The summed E-state index contributed by atoms with van der Waals surface area (Å²) in [4.78, 5) is 27.1. The molecule has 3 heterocycles. The molecule has 0 aliphatic carbocycles. The Morgan fingerprint density at radius 3 is 2.49 bits per heavy atom. The van der Waals surface area contributed by atoms with Crippen LogP contribution < -0.4 is 15.8 Å². The highest BCUT2D eigenvalue weighted by molar-refractivity contribution is 5.77. The third kappa shape index (κ3) is 5.00. The van der Waals surface area contributed by atoms with Crippen LogP contribution in [0, 0.1) is 0 Å². The van der Waals surface area contributed by atoms with Crippen LogP contribution in [0.25, 0.3) is 16.7 Å². The first kappa shape index (κ1) is 24.7. The molecule has 0 atom stereocenters. The second-order valence-electron chi connectivity index (χ2n) is 9.99. The summed E-state index contributed by atoms with van der Waals surface area (Å²) < 4.78 is 3.34. The summed E-state index contributed by atoms with van der Waals surface area (Å²) >= 11 is 0. The van der Waals surface area contributed by atoms with Crippen molar-refractivity contribution in [2.24, 2.45) is 0 Å². The van der Waals surface area contributed by atoms with Gasteiger partial charge in [0, 0.05) is 43.8 Å². The lowest BCUT2D eigenvalue weighted by Crippen LogP contribution is -2.44. The van der Waals surface area contributed by atoms with Gasteiger partial charge in [-0.1, -0.05) is 18.2 Å². The maximum Gasteiger partial charge on any atom is 0.278 e. The van der Waals surface area contributed by atoms with Gasteiger partial charge in [0.1, 0.15) is 5.39 Å². The van der Waals surface area contributed by atoms with Crippen LogP contribution in [0.1, 0.15) is 19.4 Å². The molecule has 2 aromatic heterocycles. The third-order valence-corrected chi connectivity index (χ3v) is 6.77. The molecular formula is C28H33N7O2. The van der Waals surface area contributed by atoms with E-state index in [0.717, 1.165) is 43.1 Å². The van der Waals surface area contributed by atoms with Crippen molar-refractivity contribution in [1.29, 1.82) is 0 Å². The largest absolute Gasteiger partial charge is 0.386 e. The summed E-state index contributed by atoms with van der Waals surface area (Å²) in [5, 5.41) is 14.2. The molecule has 9 heteroatoms. The van der Waals surface area contributed by atoms with Gasteiger partial charge in [0.15, 0.2) is 5.65 Å². The molecule has 2 N–H and O–H groups in total. The predicted molar refractivity (Wildman–Crippen MR) is 148 cm³/mol. The lowest BCUT2D eigenvalue weighted by atomic mass is 9.98. The maximum atomic E-state index is 13.2. The van der Waals surface area contributed by atoms with Crippen molar-refractivity contribution in [2.45, 2.75) is 26.0 Å². The molecule has 0 saturated carbocycles. The number of piperazine rings is 1. The summed E-state index contributed by atoms with van der Waals surface area (Å²) in [5.74, 6) is 0.392. The highest BCUT2D eigenvalue weighted by Crippen LogP contribution is 2.25. The number of allylic oxidation sites excluding steroid dienone is 1. The molecule has 1 aliphatic rings. The van der Waals surface area contributed by atoms with Crippen LogP contribution in [-0.4, -0.2) is 62.6 Å². The van der Waals surface area contributed by atoms with Crippen molar-refractivity contribution < 1.29 is 5.11 Å². The van der Waals surface area contributed by atoms with E-state index in [1.54, 1.807) is 35.5 Å². The highest BCUT2D eigenvalue weighted by Gasteiger charge is 2.20. The number of fused-ring (bicyclic) bond motifs is 1. The molecular weight excluding hydrogens is 466 g/mol. The summed E-state index contributed by atoms with van der Waals surface area (Å²) in [7, 11) is 2.15. The Kier molecular flexibility index (Phi) is 6.57. The highest BCUT2D eigenvalue weighted by atomic mass is 16.3. The Morgan fingerprint density at radius 1 is 1.08 bits per heavy atom. The number of benzene rings is 2. The fourth-order valence-electron chi connectivity index (χ4n) is 4.61. The number of anilines is 3. The standard InChI is InChI=1S/C28H33N7O2/c1-5-13-34-26(36)24-19-29-27(30-21-9-11-22(12-10-21)33-16-14-32(4)15-17-33)31-25(24)35(34)23-8-6-7-20(18-23)28(2,3)37/h5-12,18-19,37H,1,13-17H2,2-4H3,(H,29,30,31). The van der Waals surface area contributed by atoms with Crippen molar-refractivity contribution in [2.75, 3.05) is 43.4 Å². The number of aliphatic hydroxyl groups is 1. The van der Waals surface area contributed by atoms with Gasteiger partial charge in [0.05, 0.1) is 17.8 Å². The molecule has 0 unspecified atom stereocenters. The van der Waals surface area contributed by atoms with Crippen molar-refractivity contribution >= 4 is 28.4 Å². The van der Waals surface area contributed by atoms with Crippen molar-refractivity contribution in [1.82, 2.24) is 24.2 Å². The zero-order valence-electron chi connectivity index (χ0n) is 21.6. The van der Waals surface area contributed by atoms with E-state index in [1.807, 2.05) is 36.4 Å². The van der Waals surface area contributed by atoms with Crippen LogP contribution in [0.5, 0.6) is 0 Å². The zero-order valence-corrected chi connectivity index (χ0v) is 21.6. The zero-order chi connectivity index (χ0) is 26.2. The Balaban J connectivity index is 1.50. The van der Waals surface area contributed by atoms with E-state index >= 15 is 0 Å². The van der Waals surface area contributed by atoms with Crippen LogP contribution >= 0.6 is 0 Å². The second kappa shape index (κ2) is 9.84. The van der Waals surface area contributed by atoms with Crippen molar-refractivity contribution in [3.05, 3.63) is 83.3 Å². The Bertz CT molecular complexity index is 1470. The van der Waals surface area contributed by atoms with Crippen LogP contribution in [0.4, 0.5) is 17.3 Å². The predicted octanol–water partition coefficient (Wildman–Crippen LogP) is 3.49. The molecule has 37 heavy (non-hydrogen) atoms. The van der Waals surface area contributed by atoms with Gasteiger partial charge in [0.2, 0.25) is 5.95 Å². The minimum absolute atomic E-state index is 0.202. The van der Waals surface area contributed by atoms with Crippen LogP contribution in [0.15, 0.2) is 72.2 Å². The van der Waals surface area contributed by atoms with Gasteiger partial charge in [-0.05, 0) is 62.9 Å². The number of nitrogens with zero attached hydrogens (tertiary/aromatic N) is 6. The van der Waals surface area contributed by atoms with E-state index in [1.165, 1.54) is 5.69 Å². The summed E-state index contributed by atoms with van der Waals surface area (Å²) in [5.41, 5.74) is 2.75. The molecule has 0 spiro atoms. The average Bonchev–Trinajstić information content (AvgIpc) is 3.15. The minimum Gasteiger partial charge on any atom is -0.386 e.